The van der Waals surface area contributed by atoms with Crippen molar-refractivity contribution in [1.82, 2.24) is 9.97 Å². The minimum atomic E-state index is -4.63. The van der Waals surface area contributed by atoms with E-state index in [0.29, 0.717) is 11.7 Å². The van der Waals surface area contributed by atoms with Gasteiger partial charge in [0.1, 0.15) is 23.9 Å². The predicted molar refractivity (Wildman–Crippen MR) is 127 cm³/mol. The molecule has 1 aliphatic carbocycles. The third-order valence-corrected chi connectivity index (χ3v) is 6.44. The van der Waals surface area contributed by atoms with Gasteiger partial charge >= 0.3 is 12.1 Å². The molecule has 0 radical (unpaired) electrons. The van der Waals surface area contributed by atoms with Gasteiger partial charge in [0, 0.05) is 5.56 Å². The average Bonchev–Trinajstić information content (AvgIpc) is 3.71. The Morgan fingerprint density at radius 3 is 2.57 bits per heavy atom. The van der Waals surface area contributed by atoms with Gasteiger partial charge in [0.2, 0.25) is 0 Å². The van der Waals surface area contributed by atoms with Crippen LogP contribution < -0.4 is 9.47 Å². The van der Waals surface area contributed by atoms with Crippen molar-refractivity contribution in [2.45, 2.75) is 50.8 Å². The summed E-state index contributed by atoms with van der Waals surface area (Å²) in [7, 11) is 1.37. The van der Waals surface area contributed by atoms with Gasteiger partial charge < -0.3 is 14.6 Å². The van der Waals surface area contributed by atoms with Gasteiger partial charge in [-0.05, 0) is 67.5 Å². The molecule has 2 atom stereocenters. The number of carboxylic acid groups (broad SMARTS) is 1. The highest BCUT2D eigenvalue weighted by Crippen LogP contribution is 2.45. The highest BCUT2D eigenvalue weighted by molar-refractivity contribution is 5.68. The fourth-order valence-corrected chi connectivity index (χ4v) is 4.22. The molecule has 196 valence electrons. The summed E-state index contributed by atoms with van der Waals surface area (Å²) in [5.41, 5.74) is 0.164. The van der Waals surface area contributed by atoms with E-state index in [1.807, 2.05) is 6.07 Å². The summed E-state index contributed by atoms with van der Waals surface area (Å²) in [6.45, 7) is 0.766. The summed E-state index contributed by atoms with van der Waals surface area (Å²) in [6, 6.07) is 10.8. The highest BCUT2D eigenvalue weighted by Gasteiger charge is 2.40. The molecule has 0 aliphatic heterocycles. The number of carboxylic acids is 1. The molecule has 1 unspecified atom stereocenters. The number of ether oxygens (including phenoxy) is 2. The molecule has 0 saturated heterocycles. The molecular formula is C27H26F4N2O4. The molecular weight excluding hydrogens is 492 g/mol. The first-order valence-electron chi connectivity index (χ1n) is 11.8. The molecule has 0 spiro atoms. The van der Waals surface area contributed by atoms with E-state index < -0.39 is 29.6 Å². The molecule has 3 aromatic rings. The van der Waals surface area contributed by atoms with Gasteiger partial charge in [0.05, 0.1) is 42.7 Å². The lowest BCUT2D eigenvalue weighted by Gasteiger charge is -2.19. The van der Waals surface area contributed by atoms with E-state index in [2.05, 4.69) is 9.97 Å². The van der Waals surface area contributed by atoms with Gasteiger partial charge in [-0.15, -0.1) is 0 Å². The molecule has 0 bridgehead atoms. The van der Waals surface area contributed by atoms with Crippen molar-refractivity contribution in [3.63, 3.8) is 0 Å². The zero-order valence-electron chi connectivity index (χ0n) is 20.3. The van der Waals surface area contributed by atoms with Crippen LogP contribution in [0.1, 0.15) is 55.0 Å². The quantitative estimate of drug-likeness (QED) is 0.309. The molecule has 0 amide bonds. The number of benzene rings is 2. The average molecular weight is 519 g/mol. The Labute approximate surface area is 211 Å². The van der Waals surface area contributed by atoms with Gasteiger partial charge in [-0.3, -0.25) is 9.78 Å². The molecule has 1 saturated carbocycles. The van der Waals surface area contributed by atoms with Crippen LogP contribution in [0, 0.1) is 11.7 Å². The van der Waals surface area contributed by atoms with Crippen molar-refractivity contribution in [2.24, 2.45) is 5.92 Å². The second-order valence-electron chi connectivity index (χ2n) is 9.11. The molecule has 10 heteroatoms. The van der Waals surface area contributed by atoms with Crippen LogP contribution in [0.5, 0.6) is 11.5 Å². The minimum absolute atomic E-state index is 0.0145. The molecule has 1 N–H and O–H groups in total. The largest absolute Gasteiger partial charge is 0.497 e. The third kappa shape index (κ3) is 6.36. The molecule has 1 aliphatic rings. The Morgan fingerprint density at radius 2 is 1.92 bits per heavy atom. The maximum absolute atomic E-state index is 14.6. The Kier molecular flexibility index (Phi) is 7.65. The maximum Gasteiger partial charge on any atom is 0.397 e. The lowest BCUT2D eigenvalue weighted by Crippen LogP contribution is -2.21. The van der Waals surface area contributed by atoms with E-state index in [9.17, 15) is 27.5 Å². The van der Waals surface area contributed by atoms with E-state index in [0.717, 1.165) is 31.4 Å². The van der Waals surface area contributed by atoms with E-state index in [1.54, 1.807) is 18.2 Å². The van der Waals surface area contributed by atoms with Gasteiger partial charge in [0.15, 0.2) is 0 Å². The first-order valence-corrected chi connectivity index (χ1v) is 11.8. The van der Waals surface area contributed by atoms with Crippen molar-refractivity contribution in [1.29, 1.82) is 0 Å². The smallest absolute Gasteiger partial charge is 0.397 e. The number of nitrogens with zero attached hydrogens (tertiary/aromatic N) is 2. The fourth-order valence-electron chi connectivity index (χ4n) is 4.22. The molecule has 1 aromatic heterocycles. The van der Waals surface area contributed by atoms with Gasteiger partial charge in [-0.1, -0.05) is 12.1 Å². The SMILES string of the molecule is COc1ccc(F)c(-c2ncc(COc3cccc([C@@H](CC(=O)O)C4CC4)c3)nc2C(C)C(F)(F)F)c1. The lowest BCUT2D eigenvalue weighted by atomic mass is 9.91. The Bertz CT molecular complexity index is 1280. The topological polar surface area (TPSA) is 81.5 Å². The first kappa shape index (κ1) is 26.4. The maximum atomic E-state index is 14.6. The summed E-state index contributed by atoms with van der Waals surface area (Å²) in [5.74, 6) is -2.76. The van der Waals surface area contributed by atoms with Crippen molar-refractivity contribution in [2.75, 3.05) is 7.11 Å². The number of carbonyl (C=O) groups is 1. The van der Waals surface area contributed by atoms with E-state index in [4.69, 9.17) is 9.47 Å². The number of halogens is 4. The number of aromatic nitrogens is 2. The van der Waals surface area contributed by atoms with Crippen molar-refractivity contribution < 1.29 is 36.9 Å². The fraction of sp³-hybridized carbons (Fsp3) is 0.370. The van der Waals surface area contributed by atoms with Gasteiger partial charge in [0.25, 0.3) is 0 Å². The summed E-state index contributed by atoms with van der Waals surface area (Å²) in [4.78, 5) is 19.6. The van der Waals surface area contributed by atoms with Gasteiger partial charge in [-0.25, -0.2) is 9.37 Å². The summed E-state index contributed by atoms with van der Waals surface area (Å²) >= 11 is 0. The molecule has 4 rings (SSSR count). The van der Waals surface area contributed by atoms with Crippen molar-refractivity contribution in [3.8, 4) is 22.8 Å². The number of rotatable bonds is 10. The van der Waals surface area contributed by atoms with Crippen molar-refractivity contribution >= 4 is 5.97 Å². The number of aliphatic carboxylic acids is 1. The van der Waals surface area contributed by atoms with Crippen molar-refractivity contribution in [3.05, 3.63) is 71.4 Å². The highest BCUT2D eigenvalue weighted by atomic mass is 19.4. The molecule has 2 aromatic carbocycles. The second kappa shape index (κ2) is 10.7. The zero-order valence-corrected chi connectivity index (χ0v) is 20.3. The van der Waals surface area contributed by atoms with Crippen LogP contribution in [0.2, 0.25) is 0 Å². The third-order valence-electron chi connectivity index (χ3n) is 6.44. The summed E-state index contributed by atoms with van der Waals surface area (Å²) in [6.07, 6.45) is -1.42. The van der Waals surface area contributed by atoms with Crippen LogP contribution in [0.4, 0.5) is 17.6 Å². The van der Waals surface area contributed by atoms with E-state index in [-0.39, 0.29) is 41.6 Å². The normalized spacial score (nSPS) is 15.2. The minimum Gasteiger partial charge on any atom is -0.497 e. The number of hydrogen-bond donors (Lipinski definition) is 1. The van der Waals surface area contributed by atoms with Crippen LogP contribution >= 0.6 is 0 Å². The van der Waals surface area contributed by atoms with E-state index in [1.165, 1.54) is 25.4 Å². The number of methoxy groups -OCH3 is 1. The Hall–Kier alpha value is -3.69. The first-order chi connectivity index (χ1) is 17.6. The lowest BCUT2D eigenvalue weighted by molar-refractivity contribution is -0.147. The van der Waals surface area contributed by atoms with Crippen LogP contribution in [0.15, 0.2) is 48.7 Å². The Morgan fingerprint density at radius 1 is 1.16 bits per heavy atom. The molecule has 1 fully saturated rings. The molecule has 37 heavy (non-hydrogen) atoms. The number of hydrogen-bond acceptors (Lipinski definition) is 5. The standard InChI is InChI=1S/C27H26F4N2O4/c1-15(27(29,30)31)25-26(22-11-19(36-2)8-9-23(22)28)32-13-18(33-25)14-37-20-5-3-4-17(10-20)21(12-24(34)35)16-6-7-16/h3-5,8-11,13,15-16,21H,6-7,12,14H2,1-2H3,(H,34,35)/t15?,21-/m0/s1. The molecule has 6 nitrogen and oxygen atoms in total. The predicted octanol–water partition coefficient (Wildman–Crippen LogP) is 6.50. The monoisotopic (exact) mass is 518 g/mol. The van der Waals surface area contributed by atoms with Crippen LogP contribution in [-0.4, -0.2) is 34.3 Å². The van der Waals surface area contributed by atoms with Gasteiger partial charge in [-0.2, -0.15) is 13.2 Å². The summed E-state index contributed by atoms with van der Waals surface area (Å²) in [5, 5.41) is 9.27. The zero-order chi connectivity index (χ0) is 26.7. The Balaban J connectivity index is 1.61. The number of alkyl halides is 3. The van der Waals surface area contributed by atoms with Crippen LogP contribution in [-0.2, 0) is 11.4 Å². The summed E-state index contributed by atoms with van der Waals surface area (Å²) < 4.78 is 66.5. The second-order valence-corrected chi connectivity index (χ2v) is 9.11. The molecule has 1 heterocycles. The van der Waals surface area contributed by atoms with Crippen LogP contribution in [0.25, 0.3) is 11.3 Å². The van der Waals surface area contributed by atoms with Crippen LogP contribution in [0.3, 0.4) is 0 Å². The van der Waals surface area contributed by atoms with E-state index >= 15 is 0 Å².